The maximum Gasteiger partial charge on any atom is 0.244 e. The molecule has 7 atom stereocenters. The van der Waals surface area contributed by atoms with Gasteiger partial charge in [0, 0.05) is 35.9 Å². The highest BCUT2D eigenvalue weighted by atomic mass is 28.4. The Labute approximate surface area is 282 Å². The van der Waals surface area contributed by atoms with Crippen molar-refractivity contribution in [2.45, 2.75) is 170 Å². The van der Waals surface area contributed by atoms with Gasteiger partial charge in [-0.05, 0) is 61.3 Å². The Hall–Kier alpha value is -0.559. The fraction of sp³-hybridized carbons (Fsp3) is 0.861. The van der Waals surface area contributed by atoms with Gasteiger partial charge in [-0.2, -0.15) is 0 Å². The molecule has 9 heteroatoms. The maximum atomic E-state index is 11.8. The van der Waals surface area contributed by atoms with E-state index in [-0.39, 0.29) is 51.0 Å². The van der Waals surface area contributed by atoms with Crippen LogP contribution in [0.15, 0.2) is 23.8 Å². The first-order chi connectivity index (χ1) is 19.8. The Bertz CT molecular complexity index is 1000. The van der Waals surface area contributed by atoms with Crippen molar-refractivity contribution in [1.29, 1.82) is 0 Å². The second-order valence-electron chi connectivity index (χ2n) is 18.4. The number of carbonyl (C=O) groups is 1. The Kier molecular flexibility index (Phi) is 16.0. The number of aliphatic hydroxyl groups excluding tert-OH is 1. The third-order valence-corrected chi connectivity index (χ3v) is 24.8. The molecule has 45 heavy (non-hydrogen) atoms. The molecule has 0 radical (unpaired) electrons. The normalized spacial score (nSPS) is 19.6. The molecule has 3 N–H and O–H groups in total. The van der Waals surface area contributed by atoms with Crippen LogP contribution in [0.3, 0.4) is 0 Å². The van der Waals surface area contributed by atoms with Crippen molar-refractivity contribution in [3.05, 3.63) is 23.8 Å². The minimum Gasteiger partial charge on any atom is -0.416 e. The predicted molar refractivity (Wildman–Crippen MR) is 202 cm³/mol. The third-order valence-electron chi connectivity index (χ3n) is 11.3. The molecule has 0 saturated carbocycles. The number of hydrogen-bond donors (Lipinski definition) is 2. The Morgan fingerprint density at radius 2 is 1.13 bits per heavy atom. The summed E-state index contributed by atoms with van der Waals surface area (Å²) in [5.74, 6) is -0.637. The van der Waals surface area contributed by atoms with Crippen LogP contribution in [0.4, 0.5) is 0 Å². The summed E-state index contributed by atoms with van der Waals surface area (Å²) in [6.45, 7) is 45.3. The lowest BCUT2D eigenvalue weighted by molar-refractivity contribution is -0.114. The summed E-state index contributed by atoms with van der Waals surface area (Å²) >= 11 is 0. The number of hydrogen-bond acceptors (Lipinski definition) is 5. The smallest absolute Gasteiger partial charge is 0.244 e. The summed E-state index contributed by atoms with van der Waals surface area (Å²) in [7, 11) is -6.38. The van der Waals surface area contributed by atoms with Gasteiger partial charge in [0.15, 0.2) is 25.0 Å². The molecule has 1 amide bonds. The van der Waals surface area contributed by atoms with Crippen LogP contribution in [-0.4, -0.2) is 60.9 Å². The van der Waals surface area contributed by atoms with Crippen LogP contribution in [0.2, 0.25) is 54.4 Å². The standard InChI is InChI=1S/C36H75NO5Si3/c1-25(22-21-23-26(2)33(37)39)30(38)28(4)32(42-45(19,20)36(12,13)14)29(5)31(41-44(17,18)35(9,10)11)27(3)24-40-43(15,16)34(6,7)8/h21-23,25,27-32,38H,24H2,1-20H3,(H2,37,39)/b22-21+,26-23-/t25-,27+,28+,29-,30-,31+,32+/m0/s1. The number of rotatable bonds is 16. The van der Waals surface area contributed by atoms with Crippen LogP contribution in [0.5, 0.6) is 0 Å². The van der Waals surface area contributed by atoms with Crippen molar-refractivity contribution in [3.8, 4) is 0 Å². The Balaban J connectivity index is 6.86. The highest BCUT2D eigenvalue weighted by molar-refractivity contribution is 6.75. The fourth-order valence-corrected chi connectivity index (χ4v) is 8.61. The van der Waals surface area contributed by atoms with E-state index >= 15 is 0 Å². The number of primary amides is 1. The van der Waals surface area contributed by atoms with Crippen molar-refractivity contribution in [2.24, 2.45) is 29.4 Å². The topological polar surface area (TPSA) is 91.0 Å². The summed E-state index contributed by atoms with van der Waals surface area (Å²) in [6.07, 6.45) is 4.47. The molecule has 0 aliphatic rings. The summed E-state index contributed by atoms with van der Waals surface area (Å²) in [4.78, 5) is 11.5. The molecule has 0 unspecified atom stereocenters. The highest BCUT2D eigenvalue weighted by Gasteiger charge is 2.48. The van der Waals surface area contributed by atoms with Gasteiger partial charge in [0.2, 0.25) is 5.91 Å². The molecular formula is C36H75NO5Si3. The van der Waals surface area contributed by atoms with E-state index in [1.54, 1.807) is 13.0 Å². The van der Waals surface area contributed by atoms with Crippen molar-refractivity contribution in [1.82, 2.24) is 0 Å². The van der Waals surface area contributed by atoms with Crippen molar-refractivity contribution >= 4 is 30.9 Å². The molecule has 0 aromatic heterocycles. The zero-order chi connectivity index (χ0) is 36.1. The van der Waals surface area contributed by atoms with Crippen molar-refractivity contribution in [2.75, 3.05) is 6.61 Å². The predicted octanol–water partition coefficient (Wildman–Crippen LogP) is 9.68. The van der Waals surface area contributed by atoms with E-state index < -0.39 is 37.0 Å². The first-order valence-corrected chi connectivity index (χ1v) is 25.9. The van der Waals surface area contributed by atoms with Gasteiger partial charge in [0.25, 0.3) is 0 Å². The lowest BCUT2D eigenvalue weighted by Crippen LogP contribution is -2.55. The molecule has 0 heterocycles. The first-order valence-electron chi connectivity index (χ1n) is 17.1. The molecule has 0 rings (SSSR count). The molecule has 6 nitrogen and oxygen atoms in total. The van der Waals surface area contributed by atoms with Gasteiger partial charge < -0.3 is 24.1 Å². The summed E-state index contributed by atoms with van der Waals surface area (Å²) in [6, 6.07) is 0. The lowest BCUT2D eigenvalue weighted by atomic mass is 9.80. The van der Waals surface area contributed by atoms with Gasteiger partial charge in [0.1, 0.15) is 0 Å². The van der Waals surface area contributed by atoms with Crippen LogP contribution in [0, 0.1) is 23.7 Å². The van der Waals surface area contributed by atoms with Crippen molar-refractivity contribution < 1.29 is 23.2 Å². The number of carbonyl (C=O) groups excluding carboxylic acids is 1. The molecule has 0 fully saturated rings. The van der Waals surface area contributed by atoms with Crippen LogP contribution < -0.4 is 5.73 Å². The number of allylic oxidation sites excluding steroid dienone is 2. The Morgan fingerprint density at radius 1 is 0.733 bits per heavy atom. The largest absolute Gasteiger partial charge is 0.416 e. The number of nitrogens with two attached hydrogens (primary N) is 1. The molecular weight excluding hydrogens is 611 g/mol. The molecule has 266 valence electrons. The first kappa shape index (κ1) is 44.4. The minimum atomic E-state index is -2.23. The molecule has 0 aliphatic carbocycles. The SMILES string of the molecule is C/C(=C/C=C/[C@H](C)[C@H](O)[C@@H](C)[C@@H](O[Si](C)(C)C(C)(C)C)[C@@H](C)[C@H](O[Si](C)(C)C(C)(C)C)[C@H](C)CO[Si](C)(C)C(C)(C)C)C(N)=O. The van der Waals surface area contributed by atoms with Gasteiger partial charge >= 0.3 is 0 Å². The monoisotopic (exact) mass is 685 g/mol. The molecule has 0 aliphatic heterocycles. The second kappa shape index (κ2) is 16.2. The van der Waals surface area contributed by atoms with Gasteiger partial charge in [-0.15, -0.1) is 0 Å². The van der Waals surface area contributed by atoms with Crippen LogP contribution in [0.25, 0.3) is 0 Å². The van der Waals surface area contributed by atoms with E-state index in [2.05, 4.69) is 122 Å². The molecule has 0 aromatic rings. The minimum absolute atomic E-state index is 0.00379. The Morgan fingerprint density at radius 3 is 1.51 bits per heavy atom. The number of aliphatic hydroxyl groups is 1. The molecule has 0 aromatic carbocycles. The van der Waals surface area contributed by atoms with E-state index in [4.69, 9.17) is 19.0 Å². The lowest BCUT2D eigenvalue weighted by Gasteiger charge is -2.49. The summed E-state index contributed by atoms with van der Waals surface area (Å²) < 4.78 is 21.4. The average Bonchev–Trinajstić information content (AvgIpc) is 2.85. The van der Waals surface area contributed by atoms with Gasteiger partial charge in [-0.1, -0.05) is 108 Å². The van der Waals surface area contributed by atoms with Gasteiger partial charge in [-0.25, -0.2) is 0 Å². The summed E-state index contributed by atoms with van der Waals surface area (Å²) in [5, 5.41) is 12.0. The zero-order valence-electron chi connectivity index (χ0n) is 33.1. The van der Waals surface area contributed by atoms with Gasteiger partial charge in [0.05, 0.1) is 18.3 Å². The van der Waals surface area contributed by atoms with Crippen LogP contribution >= 0.6 is 0 Å². The zero-order valence-corrected chi connectivity index (χ0v) is 36.1. The molecule has 0 spiro atoms. The quantitative estimate of drug-likeness (QED) is 0.0959. The fourth-order valence-electron chi connectivity index (χ4n) is 4.55. The van der Waals surface area contributed by atoms with E-state index in [0.717, 1.165) is 0 Å². The van der Waals surface area contributed by atoms with E-state index in [1.807, 2.05) is 19.1 Å². The second-order valence-corrected chi connectivity index (χ2v) is 32.7. The van der Waals surface area contributed by atoms with Crippen molar-refractivity contribution in [3.63, 3.8) is 0 Å². The van der Waals surface area contributed by atoms with Crippen LogP contribution in [0.1, 0.15) is 96.9 Å². The average molecular weight is 686 g/mol. The molecule has 0 bridgehead atoms. The van der Waals surface area contributed by atoms with Gasteiger partial charge in [-0.3, -0.25) is 4.79 Å². The summed E-state index contributed by atoms with van der Waals surface area (Å²) in [5.41, 5.74) is 5.88. The van der Waals surface area contributed by atoms with Crippen LogP contribution in [-0.2, 0) is 18.1 Å². The molecule has 0 saturated heterocycles. The highest BCUT2D eigenvalue weighted by Crippen LogP contribution is 2.44. The maximum absolute atomic E-state index is 11.8. The third kappa shape index (κ3) is 12.8. The van der Waals surface area contributed by atoms with E-state index in [9.17, 15) is 9.90 Å². The van der Waals surface area contributed by atoms with E-state index in [1.165, 1.54) is 0 Å². The van der Waals surface area contributed by atoms with E-state index in [0.29, 0.717) is 12.2 Å². The number of amides is 1.